The molecule has 11 heteroatoms. The monoisotopic (exact) mass is 551 g/mol. The summed E-state index contributed by atoms with van der Waals surface area (Å²) in [6.45, 7) is 7.83. The summed E-state index contributed by atoms with van der Waals surface area (Å²) in [5, 5.41) is 7.19. The molecule has 0 fully saturated rings. The van der Waals surface area contributed by atoms with Crippen molar-refractivity contribution in [1.82, 2.24) is 24.5 Å². The summed E-state index contributed by atoms with van der Waals surface area (Å²) < 4.78 is 13.1. The summed E-state index contributed by atoms with van der Waals surface area (Å²) in [5.74, 6) is 2.43. The topological polar surface area (TPSA) is 116 Å². The molecule has 0 bridgehead atoms. The highest BCUT2D eigenvalue weighted by molar-refractivity contribution is 6.35. The van der Waals surface area contributed by atoms with Crippen LogP contribution in [0.3, 0.4) is 0 Å². The van der Waals surface area contributed by atoms with E-state index in [2.05, 4.69) is 51.3 Å². The molecular weight excluding hydrogens is 518 g/mol. The summed E-state index contributed by atoms with van der Waals surface area (Å²) in [5.41, 5.74) is 1.93. The molecule has 0 unspecified atom stereocenters. The summed E-state index contributed by atoms with van der Waals surface area (Å²) in [4.78, 5) is 31.9. The van der Waals surface area contributed by atoms with Gasteiger partial charge in [-0.1, -0.05) is 32.4 Å². The van der Waals surface area contributed by atoms with Gasteiger partial charge in [0.05, 0.1) is 36.8 Å². The summed E-state index contributed by atoms with van der Waals surface area (Å²) in [7, 11) is 3.30. The van der Waals surface area contributed by atoms with E-state index in [0.29, 0.717) is 70.1 Å². The third kappa shape index (κ3) is 6.57. The molecule has 0 aliphatic rings. The first kappa shape index (κ1) is 28.1. The quantitative estimate of drug-likeness (QED) is 0.249. The lowest BCUT2D eigenvalue weighted by atomic mass is 10.0. The Morgan fingerprint density at radius 2 is 1.90 bits per heavy atom. The van der Waals surface area contributed by atoms with Gasteiger partial charge in [0.25, 0.3) is 5.56 Å². The number of methoxy groups -OCH3 is 1. The van der Waals surface area contributed by atoms with E-state index >= 15 is 0 Å². The van der Waals surface area contributed by atoms with Gasteiger partial charge in [-0.25, -0.2) is 9.97 Å². The Labute approximate surface area is 232 Å². The van der Waals surface area contributed by atoms with E-state index in [1.807, 2.05) is 0 Å². The standard InChI is InChI=1S/C28H34ClN7O3/c1-6-8-31-24-15-32-19(14-33-24)7-9-36-26-18(13-34-28(30-4)35-26)10-22(27(36)37)21-11-20(38-5)12-23(25(21)29)39-16-17(2)3/h10-15,17H,6-9,16H2,1-5H3,(H,31,33)(H,30,34,35). The molecule has 10 nitrogen and oxygen atoms in total. The molecule has 0 spiro atoms. The van der Waals surface area contributed by atoms with Crippen LogP contribution in [0.25, 0.3) is 22.2 Å². The van der Waals surface area contributed by atoms with Gasteiger partial charge < -0.3 is 20.1 Å². The van der Waals surface area contributed by atoms with Crippen molar-refractivity contribution in [2.75, 3.05) is 37.9 Å². The average molecular weight is 552 g/mol. The summed E-state index contributed by atoms with van der Waals surface area (Å²) >= 11 is 6.81. The van der Waals surface area contributed by atoms with Crippen LogP contribution < -0.4 is 25.7 Å². The Bertz CT molecular complexity index is 1490. The lowest BCUT2D eigenvalue weighted by Gasteiger charge is -2.17. The molecule has 4 rings (SSSR count). The van der Waals surface area contributed by atoms with Crippen LogP contribution in [0.5, 0.6) is 11.5 Å². The van der Waals surface area contributed by atoms with Crippen LogP contribution in [0.4, 0.5) is 11.8 Å². The minimum atomic E-state index is -0.248. The van der Waals surface area contributed by atoms with Gasteiger partial charge in [-0.2, -0.15) is 4.98 Å². The van der Waals surface area contributed by atoms with Gasteiger partial charge in [0, 0.05) is 55.3 Å². The zero-order chi connectivity index (χ0) is 27.9. The van der Waals surface area contributed by atoms with Crippen molar-refractivity contribution in [3.8, 4) is 22.6 Å². The van der Waals surface area contributed by atoms with E-state index in [9.17, 15) is 4.79 Å². The van der Waals surface area contributed by atoms with Crippen molar-refractivity contribution in [3.05, 3.63) is 57.9 Å². The predicted octanol–water partition coefficient (Wildman–Crippen LogP) is 5.05. The summed E-state index contributed by atoms with van der Waals surface area (Å²) in [6.07, 6.45) is 6.59. The Hall–Kier alpha value is -3.92. The maximum atomic E-state index is 14.0. The molecular formula is C28H34ClN7O3. The van der Waals surface area contributed by atoms with E-state index in [0.717, 1.165) is 24.5 Å². The molecule has 0 saturated heterocycles. The van der Waals surface area contributed by atoms with Crippen molar-refractivity contribution in [3.63, 3.8) is 0 Å². The second-order valence-corrected chi connectivity index (χ2v) is 9.88. The van der Waals surface area contributed by atoms with Crippen LogP contribution in [0.1, 0.15) is 32.9 Å². The Morgan fingerprint density at radius 1 is 1.08 bits per heavy atom. The largest absolute Gasteiger partial charge is 0.497 e. The highest BCUT2D eigenvalue weighted by Gasteiger charge is 2.19. The number of hydrogen-bond donors (Lipinski definition) is 2. The van der Waals surface area contributed by atoms with Gasteiger partial charge in [0.15, 0.2) is 0 Å². The van der Waals surface area contributed by atoms with E-state index in [1.165, 1.54) is 0 Å². The number of benzene rings is 1. The molecule has 4 aromatic rings. The molecule has 0 aliphatic heterocycles. The number of rotatable bonds is 12. The number of hydrogen-bond acceptors (Lipinski definition) is 9. The third-order valence-corrected chi connectivity index (χ3v) is 6.40. The van der Waals surface area contributed by atoms with Crippen molar-refractivity contribution in [1.29, 1.82) is 0 Å². The zero-order valence-corrected chi connectivity index (χ0v) is 23.7. The summed E-state index contributed by atoms with van der Waals surface area (Å²) in [6, 6.07) is 5.23. The van der Waals surface area contributed by atoms with Gasteiger partial charge in [-0.15, -0.1) is 0 Å². The van der Waals surface area contributed by atoms with E-state index in [4.69, 9.17) is 21.1 Å². The molecule has 0 saturated carbocycles. The molecule has 0 aliphatic carbocycles. The predicted molar refractivity (Wildman–Crippen MR) is 155 cm³/mol. The molecule has 0 amide bonds. The fourth-order valence-electron chi connectivity index (χ4n) is 3.98. The molecule has 2 N–H and O–H groups in total. The van der Waals surface area contributed by atoms with Crippen LogP contribution in [-0.2, 0) is 13.0 Å². The number of ether oxygens (including phenoxy) is 2. The van der Waals surface area contributed by atoms with Gasteiger partial charge in [-0.3, -0.25) is 14.3 Å². The third-order valence-electron chi connectivity index (χ3n) is 6.01. The molecule has 3 aromatic heterocycles. The minimum Gasteiger partial charge on any atom is -0.497 e. The number of aromatic nitrogens is 5. The van der Waals surface area contributed by atoms with Gasteiger partial charge in [-0.05, 0) is 24.5 Å². The maximum absolute atomic E-state index is 14.0. The molecule has 39 heavy (non-hydrogen) atoms. The zero-order valence-electron chi connectivity index (χ0n) is 22.9. The second kappa shape index (κ2) is 12.8. The van der Waals surface area contributed by atoms with Crippen molar-refractivity contribution in [2.45, 2.75) is 40.2 Å². The van der Waals surface area contributed by atoms with Gasteiger partial charge in [0.2, 0.25) is 5.95 Å². The van der Waals surface area contributed by atoms with Gasteiger partial charge in [0.1, 0.15) is 23.0 Å². The number of nitrogens with zero attached hydrogens (tertiary/aromatic N) is 5. The first-order chi connectivity index (χ1) is 18.8. The number of pyridine rings is 1. The fourth-order valence-corrected chi connectivity index (χ4v) is 4.25. The first-order valence-electron chi connectivity index (χ1n) is 13.0. The Balaban J connectivity index is 1.79. The van der Waals surface area contributed by atoms with E-state index in [1.54, 1.807) is 55.5 Å². The number of aryl methyl sites for hydroxylation is 2. The molecule has 1 aromatic carbocycles. The molecule has 0 radical (unpaired) electrons. The van der Waals surface area contributed by atoms with Crippen molar-refractivity contribution < 1.29 is 9.47 Å². The lowest BCUT2D eigenvalue weighted by molar-refractivity contribution is 0.270. The van der Waals surface area contributed by atoms with Crippen LogP contribution in [0.15, 0.2) is 41.6 Å². The van der Waals surface area contributed by atoms with Crippen LogP contribution in [0.2, 0.25) is 5.02 Å². The minimum absolute atomic E-state index is 0.248. The smallest absolute Gasteiger partial charge is 0.260 e. The van der Waals surface area contributed by atoms with Crippen LogP contribution in [0, 0.1) is 5.92 Å². The number of anilines is 2. The molecule has 206 valence electrons. The SMILES string of the molecule is CCCNc1cnc(CCn2c(=O)c(-c3cc(OC)cc(OCC(C)C)c3Cl)cc3cnc(NC)nc32)cn1. The maximum Gasteiger partial charge on any atom is 0.260 e. The Morgan fingerprint density at radius 3 is 2.56 bits per heavy atom. The van der Waals surface area contributed by atoms with Gasteiger partial charge >= 0.3 is 0 Å². The average Bonchev–Trinajstić information content (AvgIpc) is 2.95. The van der Waals surface area contributed by atoms with E-state index in [-0.39, 0.29) is 5.56 Å². The molecule has 0 atom stereocenters. The van der Waals surface area contributed by atoms with Crippen molar-refractivity contribution in [2.24, 2.45) is 5.92 Å². The van der Waals surface area contributed by atoms with Crippen LogP contribution >= 0.6 is 11.6 Å². The number of halogens is 1. The van der Waals surface area contributed by atoms with Crippen LogP contribution in [-0.4, -0.2) is 51.8 Å². The second-order valence-electron chi connectivity index (χ2n) is 9.50. The highest BCUT2D eigenvalue weighted by Crippen LogP contribution is 2.39. The lowest BCUT2D eigenvalue weighted by Crippen LogP contribution is -2.24. The number of nitrogens with one attached hydrogen (secondary N) is 2. The first-order valence-corrected chi connectivity index (χ1v) is 13.4. The molecule has 3 heterocycles. The van der Waals surface area contributed by atoms with Crippen molar-refractivity contribution >= 4 is 34.4 Å². The normalized spacial score (nSPS) is 11.2. The van der Waals surface area contributed by atoms with E-state index < -0.39 is 0 Å². The highest BCUT2D eigenvalue weighted by atomic mass is 35.5. The Kier molecular flexibility index (Phi) is 9.19. The fraction of sp³-hybridized carbons (Fsp3) is 0.393. The number of fused-ring (bicyclic) bond motifs is 1.